The average Bonchev–Trinajstić information content (AvgIpc) is 2.39. The van der Waals surface area contributed by atoms with E-state index in [0.717, 1.165) is 0 Å². The summed E-state index contributed by atoms with van der Waals surface area (Å²) in [6.45, 7) is 1.71. The van der Waals surface area contributed by atoms with E-state index in [0.29, 0.717) is 17.7 Å². The number of nitrogen functional groups attached to an aromatic ring is 1. The quantitative estimate of drug-likeness (QED) is 0.655. The van der Waals surface area contributed by atoms with Crippen LogP contribution in [0.1, 0.15) is 15.9 Å². The van der Waals surface area contributed by atoms with Crippen LogP contribution in [-0.2, 0) is 0 Å². The molecule has 3 nitrogen and oxygen atoms in total. The van der Waals surface area contributed by atoms with E-state index in [1.54, 1.807) is 19.1 Å². The number of hydrogen-bond donors (Lipinski definition) is 2. The van der Waals surface area contributed by atoms with Gasteiger partial charge in [0.2, 0.25) is 0 Å². The lowest BCUT2D eigenvalue weighted by Gasteiger charge is -2.10. The minimum Gasteiger partial charge on any atom is -0.398 e. The van der Waals surface area contributed by atoms with Gasteiger partial charge in [0, 0.05) is 17.8 Å². The van der Waals surface area contributed by atoms with E-state index in [1.807, 2.05) is 0 Å². The van der Waals surface area contributed by atoms with Gasteiger partial charge in [0.25, 0.3) is 5.91 Å². The van der Waals surface area contributed by atoms with Gasteiger partial charge >= 0.3 is 0 Å². The lowest BCUT2D eigenvalue weighted by Crippen LogP contribution is -2.16. The first-order chi connectivity index (χ1) is 9.40. The maximum absolute atomic E-state index is 13.4. The van der Waals surface area contributed by atoms with Crippen LogP contribution < -0.4 is 11.1 Å². The third-order valence-electron chi connectivity index (χ3n) is 2.83. The zero-order valence-electron chi connectivity index (χ0n) is 10.5. The highest BCUT2D eigenvalue weighted by atomic mass is 19.2. The molecule has 20 heavy (non-hydrogen) atoms. The lowest BCUT2D eigenvalue weighted by atomic mass is 10.1. The van der Waals surface area contributed by atoms with Crippen molar-refractivity contribution in [3.05, 3.63) is 58.9 Å². The van der Waals surface area contributed by atoms with Gasteiger partial charge in [-0.1, -0.05) is 12.1 Å². The molecule has 0 aromatic heterocycles. The fourth-order valence-electron chi connectivity index (χ4n) is 1.69. The number of hydrogen-bond acceptors (Lipinski definition) is 2. The maximum Gasteiger partial charge on any atom is 0.257 e. The van der Waals surface area contributed by atoms with Crippen LogP contribution in [-0.4, -0.2) is 5.91 Å². The predicted octanol–water partition coefficient (Wildman–Crippen LogP) is 3.25. The molecule has 104 valence electrons. The van der Waals surface area contributed by atoms with E-state index >= 15 is 0 Å². The monoisotopic (exact) mass is 280 g/mol. The van der Waals surface area contributed by atoms with Crippen molar-refractivity contribution in [2.24, 2.45) is 0 Å². The summed E-state index contributed by atoms with van der Waals surface area (Å²) in [5.41, 5.74) is 6.35. The molecule has 0 aliphatic carbocycles. The van der Waals surface area contributed by atoms with Crippen molar-refractivity contribution in [2.45, 2.75) is 6.92 Å². The van der Waals surface area contributed by atoms with Crippen LogP contribution in [0.4, 0.5) is 24.5 Å². The topological polar surface area (TPSA) is 55.1 Å². The van der Waals surface area contributed by atoms with E-state index < -0.39 is 29.0 Å². The first-order valence-corrected chi connectivity index (χ1v) is 5.71. The van der Waals surface area contributed by atoms with E-state index in [4.69, 9.17) is 5.73 Å². The Morgan fingerprint density at radius 3 is 2.45 bits per heavy atom. The minimum atomic E-state index is -1.32. The molecule has 0 radical (unpaired) electrons. The van der Waals surface area contributed by atoms with Crippen molar-refractivity contribution in [2.75, 3.05) is 11.1 Å². The van der Waals surface area contributed by atoms with Crippen LogP contribution >= 0.6 is 0 Å². The first-order valence-electron chi connectivity index (χ1n) is 5.71. The van der Waals surface area contributed by atoms with Crippen molar-refractivity contribution in [3.8, 4) is 0 Å². The number of benzene rings is 2. The second-order valence-corrected chi connectivity index (χ2v) is 4.24. The molecule has 1 amide bonds. The van der Waals surface area contributed by atoms with Gasteiger partial charge in [-0.3, -0.25) is 4.79 Å². The highest BCUT2D eigenvalue weighted by Gasteiger charge is 2.15. The molecular formula is C14H11F3N2O. The number of amides is 1. The molecule has 0 spiro atoms. The third-order valence-corrected chi connectivity index (χ3v) is 2.83. The first kappa shape index (κ1) is 13.9. The Kier molecular flexibility index (Phi) is 3.65. The Morgan fingerprint density at radius 1 is 1.10 bits per heavy atom. The summed E-state index contributed by atoms with van der Waals surface area (Å²) in [7, 11) is 0. The van der Waals surface area contributed by atoms with Crippen molar-refractivity contribution in [1.82, 2.24) is 0 Å². The van der Waals surface area contributed by atoms with Crippen LogP contribution in [0.2, 0.25) is 0 Å². The summed E-state index contributed by atoms with van der Waals surface area (Å²) in [6.07, 6.45) is 0. The van der Waals surface area contributed by atoms with Gasteiger partial charge < -0.3 is 11.1 Å². The molecule has 2 rings (SSSR count). The standard InChI is InChI=1S/C14H11F3N2O/c1-7-3-2-4-8(13(7)18)14(20)19-12-6-10(16)9(15)5-11(12)17/h2-6H,18H2,1H3,(H,19,20). The smallest absolute Gasteiger partial charge is 0.257 e. The van der Waals surface area contributed by atoms with Gasteiger partial charge in [-0.15, -0.1) is 0 Å². The van der Waals surface area contributed by atoms with E-state index in [9.17, 15) is 18.0 Å². The van der Waals surface area contributed by atoms with Crippen molar-refractivity contribution in [1.29, 1.82) is 0 Å². The number of anilines is 2. The van der Waals surface area contributed by atoms with E-state index in [-0.39, 0.29) is 11.3 Å². The van der Waals surface area contributed by atoms with Gasteiger partial charge in [-0.05, 0) is 18.6 Å². The second-order valence-electron chi connectivity index (χ2n) is 4.24. The number of aryl methyl sites for hydroxylation is 1. The fraction of sp³-hybridized carbons (Fsp3) is 0.0714. The molecule has 0 heterocycles. The predicted molar refractivity (Wildman–Crippen MR) is 69.9 cm³/mol. The fourth-order valence-corrected chi connectivity index (χ4v) is 1.69. The molecule has 0 fully saturated rings. The molecular weight excluding hydrogens is 269 g/mol. The zero-order valence-corrected chi connectivity index (χ0v) is 10.5. The van der Waals surface area contributed by atoms with Crippen molar-refractivity contribution < 1.29 is 18.0 Å². The summed E-state index contributed by atoms with van der Waals surface area (Å²) >= 11 is 0. The Bertz CT molecular complexity index is 686. The van der Waals surface area contributed by atoms with Crippen LogP contribution in [0.5, 0.6) is 0 Å². The molecule has 0 bridgehead atoms. The minimum absolute atomic E-state index is 0.133. The lowest BCUT2D eigenvalue weighted by molar-refractivity contribution is 0.102. The Labute approximate surface area is 113 Å². The number of halogens is 3. The van der Waals surface area contributed by atoms with Gasteiger partial charge in [-0.2, -0.15) is 0 Å². The zero-order chi connectivity index (χ0) is 14.9. The largest absolute Gasteiger partial charge is 0.398 e. The number of carbonyl (C=O) groups is 1. The average molecular weight is 280 g/mol. The van der Waals surface area contributed by atoms with Gasteiger partial charge in [0.05, 0.1) is 11.3 Å². The molecule has 6 heteroatoms. The van der Waals surface area contributed by atoms with Crippen LogP contribution in [0.3, 0.4) is 0 Å². The molecule has 0 saturated carbocycles. The Morgan fingerprint density at radius 2 is 1.75 bits per heavy atom. The highest BCUT2D eigenvalue weighted by molar-refractivity contribution is 6.08. The van der Waals surface area contributed by atoms with Crippen LogP contribution in [0.15, 0.2) is 30.3 Å². The summed E-state index contributed by atoms with van der Waals surface area (Å²) in [4.78, 5) is 12.0. The molecule has 0 atom stereocenters. The number of para-hydroxylation sites is 1. The number of rotatable bonds is 2. The van der Waals surface area contributed by atoms with E-state index in [2.05, 4.69) is 5.32 Å². The molecule has 0 unspecified atom stereocenters. The van der Waals surface area contributed by atoms with Crippen molar-refractivity contribution in [3.63, 3.8) is 0 Å². The van der Waals surface area contributed by atoms with E-state index in [1.165, 1.54) is 6.07 Å². The highest BCUT2D eigenvalue weighted by Crippen LogP contribution is 2.21. The molecule has 0 aliphatic rings. The third kappa shape index (κ3) is 2.59. The maximum atomic E-state index is 13.4. The molecule has 2 aromatic rings. The van der Waals surface area contributed by atoms with Gasteiger partial charge in [-0.25, -0.2) is 13.2 Å². The van der Waals surface area contributed by atoms with Crippen LogP contribution in [0.25, 0.3) is 0 Å². The summed E-state index contributed by atoms with van der Waals surface area (Å²) < 4.78 is 39.3. The number of carbonyl (C=O) groups excluding carboxylic acids is 1. The Balaban J connectivity index is 2.33. The number of nitrogens with one attached hydrogen (secondary N) is 1. The SMILES string of the molecule is Cc1cccc(C(=O)Nc2cc(F)c(F)cc2F)c1N. The van der Waals surface area contributed by atoms with Gasteiger partial charge in [0.1, 0.15) is 5.82 Å². The van der Waals surface area contributed by atoms with Gasteiger partial charge in [0.15, 0.2) is 11.6 Å². The van der Waals surface area contributed by atoms with Crippen molar-refractivity contribution >= 4 is 17.3 Å². The number of nitrogens with two attached hydrogens (primary N) is 1. The normalized spacial score (nSPS) is 10.4. The summed E-state index contributed by atoms with van der Waals surface area (Å²) in [5, 5.41) is 2.16. The summed E-state index contributed by atoms with van der Waals surface area (Å²) in [5.74, 6) is -4.34. The molecule has 0 aliphatic heterocycles. The van der Waals surface area contributed by atoms with Crippen LogP contribution in [0, 0.1) is 24.4 Å². The second kappa shape index (κ2) is 5.24. The molecule has 3 N–H and O–H groups in total. The molecule has 2 aromatic carbocycles. The Hall–Kier alpha value is -2.50. The summed E-state index contributed by atoms with van der Waals surface area (Å²) in [6, 6.07) is 5.72. The molecule has 0 saturated heterocycles.